The number of rotatable bonds is 4. The van der Waals surface area contributed by atoms with Gasteiger partial charge in [0.2, 0.25) is 0 Å². The third-order valence-corrected chi connectivity index (χ3v) is 4.73. The van der Waals surface area contributed by atoms with Crippen molar-refractivity contribution >= 4 is 23.6 Å². The molecule has 0 radical (unpaired) electrons. The van der Waals surface area contributed by atoms with Crippen LogP contribution >= 0.6 is 0 Å². The second-order valence-electron chi connectivity index (χ2n) is 8.29. The Morgan fingerprint density at radius 2 is 1.86 bits per heavy atom. The van der Waals surface area contributed by atoms with Crippen LogP contribution in [0.1, 0.15) is 33.6 Å². The van der Waals surface area contributed by atoms with Crippen LogP contribution in [-0.4, -0.2) is 61.1 Å². The fraction of sp³-hybridized carbons (Fsp3) is 0.600. The number of hydrogen-bond donors (Lipinski definition) is 1. The van der Waals surface area contributed by atoms with Crippen LogP contribution in [0, 0.1) is 0 Å². The summed E-state index contributed by atoms with van der Waals surface area (Å²) in [6.07, 6.45) is 0.202. The first-order valence-corrected chi connectivity index (χ1v) is 9.65. The molecule has 2 saturated heterocycles. The van der Waals surface area contributed by atoms with E-state index in [1.165, 1.54) is 0 Å². The summed E-state index contributed by atoms with van der Waals surface area (Å²) in [5.41, 5.74) is 6.59. The van der Waals surface area contributed by atoms with Crippen molar-refractivity contribution in [3.05, 3.63) is 24.3 Å². The van der Waals surface area contributed by atoms with Gasteiger partial charge in [-0.2, -0.15) is 0 Å². The Labute approximate surface area is 165 Å². The summed E-state index contributed by atoms with van der Waals surface area (Å²) in [6, 6.07) is 7.17. The van der Waals surface area contributed by atoms with Crippen molar-refractivity contribution < 1.29 is 23.8 Å². The van der Waals surface area contributed by atoms with E-state index in [0.29, 0.717) is 18.8 Å². The van der Waals surface area contributed by atoms with Crippen LogP contribution in [0.4, 0.5) is 21.0 Å². The number of carbonyl (C=O) groups is 2. The molecule has 3 rings (SSSR count). The van der Waals surface area contributed by atoms with Gasteiger partial charge in [0.15, 0.2) is 0 Å². The summed E-state index contributed by atoms with van der Waals surface area (Å²) in [5, 5.41) is 0. The molecule has 0 saturated carbocycles. The molecule has 1 atom stereocenters. The maximum absolute atomic E-state index is 12.2. The molecule has 154 valence electrons. The van der Waals surface area contributed by atoms with Crippen LogP contribution in [0.2, 0.25) is 0 Å². The highest BCUT2D eigenvalue weighted by Gasteiger charge is 2.34. The van der Waals surface area contributed by atoms with E-state index >= 15 is 0 Å². The Hall–Kier alpha value is -2.48. The fourth-order valence-corrected chi connectivity index (χ4v) is 3.39. The second kappa shape index (κ2) is 8.26. The van der Waals surface area contributed by atoms with Crippen LogP contribution in [0.3, 0.4) is 0 Å². The van der Waals surface area contributed by atoms with Crippen molar-refractivity contribution in [2.45, 2.75) is 51.4 Å². The molecule has 0 aliphatic carbocycles. The van der Waals surface area contributed by atoms with Gasteiger partial charge >= 0.3 is 12.2 Å². The van der Waals surface area contributed by atoms with Crippen molar-refractivity contribution in [1.82, 2.24) is 4.90 Å². The van der Waals surface area contributed by atoms with E-state index in [4.69, 9.17) is 19.9 Å². The lowest BCUT2D eigenvalue weighted by atomic mass is 10.1. The molecule has 2 heterocycles. The van der Waals surface area contributed by atoms with Crippen molar-refractivity contribution in [2.75, 3.05) is 36.8 Å². The molecule has 1 unspecified atom stereocenters. The number of benzene rings is 1. The van der Waals surface area contributed by atoms with Gasteiger partial charge in [0, 0.05) is 31.0 Å². The molecule has 1 aromatic carbocycles. The van der Waals surface area contributed by atoms with Gasteiger partial charge in [-0.1, -0.05) is 0 Å². The number of nitrogens with two attached hydrogens (primary N) is 1. The molecular weight excluding hydrogens is 362 g/mol. The zero-order valence-corrected chi connectivity index (χ0v) is 16.7. The maximum atomic E-state index is 12.2. The minimum Gasteiger partial charge on any atom is -0.443 e. The molecular formula is C20H29N3O5. The standard InChI is InChI=1S/C20H29N3O5/c1-20(2,3)28-19(25)27-16-8-10-22(11-9-16)12-17-13-23(18(24)26-17)15-6-4-14(21)5-7-15/h4-7,16-17H,8-13,21H2,1-3H3. The Balaban J connectivity index is 1.43. The van der Waals surface area contributed by atoms with Gasteiger partial charge in [0.05, 0.1) is 6.54 Å². The third-order valence-electron chi connectivity index (χ3n) is 4.73. The number of anilines is 2. The van der Waals surface area contributed by atoms with E-state index in [9.17, 15) is 9.59 Å². The summed E-state index contributed by atoms with van der Waals surface area (Å²) < 4.78 is 16.1. The molecule has 8 nitrogen and oxygen atoms in total. The van der Waals surface area contributed by atoms with Gasteiger partial charge in [-0.05, 0) is 57.9 Å². The summed E-state index contributed by atoms with van der Waals surface area (Å²) in [7, 11) is 0. The fourth-order valence-electron chi connectivity index (χ4n) is 3.39. The average molecular weight is 391 g/mol. The molecule has 28 heavy (non-hydrogen) atoms. The Bertz CT molecular complexity index is 693. The van der Waals surface area contributed by atoms with Crippen molar-refractivity contribution in [1.29, 1.82) is 0 Å². The number of ether oxygens (including phenoxy) is 3. The highest BCUT2D eigenvalue weighted by Crippen LogP contribution is 2.24. The van der Waals surface area contributed by atoms with E-state index in [0.717, 1.165) is 31.6 Å². The predicted molar refractivity (Wildman–Crippen MR) is 105 cm³/mol. The van der Waals surface area contributed by atoms with E-state index in [2.05, 4.69) is 4.90 Å². The maximum Gasteiger partial charge on any atom is 0.509 e. The SMILES string of the molecule is CC(C)(C)OC(=O)OC1CCN(CC2CN(c3ccc(N)cc3)C(=O)O2)CC1. The van der Waals surface area contributed by atoms with Crippen molar-refractivity contribution in [2.24, 2.45) is 0 Å². The van der Waals surface area contributed by atoms with Crippen LogP contribution in [0.25, 0.3) is 0 Å². The van der Waals surface area contributed by atoms with Gasteiger partial charge in [-0.15, -0.1) is 0 Å². The number of likely N-dealkylation sites (tertiary alicyclic amines) is 1. The highest BCUT2D eigenvalue weighted by atomic mass is 16.7. The highest BCUT2D eigenvalue weighted by molar-refractivity contribution is 5.89. The van der Waals surface area contributed by atoms with E-state index in [1.54, 1.807) is 17.0 Å². The molecule has 8 heteroatoms. The minimum absolute atomic E-state index is 0.136. The Morgan fingerprint density at radius 1 is 1.21 bits per heavy atom. The molecule has 0 spiro atoms. The van der Waals surface area contributed by atoms with Gasteiger partial charge < -0.3 is 19.9 Å². The number of piperidine rings is 1. The number of cyclic esters (lactones) is 1. The van der Waals surface area contributed by atoms with Crippen molar-refractivity contribution in [3.8, 4) is 0 Å². The molecule has 2 aliphatic heterocycles. The molecule has 0 aromatic heterocycles. The topological polar surface area (TPSA) is 94.3 Å². The van der Waals surface area contributed by atoms with Crippen LogP contribution < -0.4 is 10.6 Å². The lowest BCUT2D eigenvalue weighted by molar-refractivity contribution is -0.0410. The lowest BCUT2D eigenvalue weighted by Crippen LogP contribution is -2.42. The number of amides is 1. The number of carbonyl (C=O) groups excluding carboxylic acids is 2. The van der Waals surface area contributed by atoms with E-state index < -0.39 is 11.8 Å². The Morgan fingerprint density at radius 3 is 2.46 bits per heavy atom. The van der Waals surface area contributed by atoms with Crippen LogP contribution in [-0.2, 0) is 14.2 Å². The molecule has 0 bridgehead atoms. The van der Waals surface area contributed by atoms with Crippen molar-refractivity contribution in [3.63, 3.8) is 0 Å². The monoisotopic (exact) mass is 391 g/mol. The summed E-state index contributed by atoms with van der Waals surface area (Å²) in [5.74, 6) is 0. The number of nitrogens with zero attached hydrogens (tertiary/aromatic N) is 2. The second-order valence-corrected chi connectivity index (χ2v) is 8.29. The normalized spacial score (nSPS) is 21.5. The predicted octanol–water partition coefficient (Wildman–Crippen LogP) is 3.01. The summed E-state index contributed by atoms with van der Waals surface area (Å²) >= 11 is 0. The summed E-state index contributed by atoms with van der Waals surface area (Å²) in [4.78, 5) is 27.8. The van der Waals surface area contributed by atoms with E-state index in [1.807, 2.05) is 32.9 Å². The zero-order chi connectivity index (χ0) is 20.3. The van der Waals surface area contributed by atoms with Gasteiger partial charge in [0.1, 0.15) is 17.8 Å². The van der Waals surface area contributed by atoms with Gasteiger partial charge in [-0.3, -0.25) is 9.80 Å². The molecule has 2 N–H and O–H groups in total. The zero-order valence-electron chi connectivity index (χ0n) is 16.7. The largest absolute Gasteiger partial charge is 0.509 e. The van der Waals surface area contributed by atoms with Gasteiger partial charge in [0.25, 0.3) is 0 Å². The minimum atomic E-state index is -0.616. The third kappa shape index (κ3) is 5.51. The van der Waals surface area contributed by atoms with Crippen LogP contribution in [0.15, 0.2) is 24.3 Å². The smallest absolute Gasteiger partial charge is 0.443 e. The first-order valence-electron chi connectivity index (χ1n) is 9.65. The average Bonchev–Trinajstić information content (AvgIpc) is 2.96. The molecule has 2 aliphatic rings. The Kier molecular flexibility index (Phi) is 5.98. The quantitative estimate of drug-likeness (QED) is 0.623. The summed E-state index contributed by atoms with van der Waals surface area (Å²) in [6.45, 7) is 8.18. The number of hydrogen-bond acceptors (Lipinski definition) is 7. The van der Waals surface area contributed by atoms with E-state index in [-0.39, 0.29) is 18.3 Å². The van der Waals surface area contributed by atoms with Crippen LogP contribution in [0.5, 0.6) is 0 Å². The first kappa shape index (κ1) is 20.3. The lowest BCUT2D eigenvalue weighted by Gasteiger charge is -2.32. The number of nitrogen functional groups attached to an aromatic ring is 1. The first-order chi connectivity index (χ1) is 13.2. The molecule has 1 amide bonds. The molecule has 1 aromatic rings. The van der Waals surface area contributed by atoms with Gasteiger partial charge in [-0.25, -0.2) is 9.59 Å². The molecule has 2 fully saturated rings.